The highest BCUT2D eigenvalue weighted by Gasteiger charge is 2.34. The molecule has 0 fully saturated rings. The summed E-state index contributed by atoms with van der Waals surface area (Å²) in [5.41, 5.74) is 0.497. The summed E-state index contributed by atoms with van der Waals surface area (Å²) >= 11 is 11.9. The molecule has 8 heteroatoms. The molecule has 0 saturated heterocycles. The Morgan fingerprint density at radius 3 is 2.63 bits per heavy atom. The Labute approximate surface area is 167 Å². The predicted molar refractivity (Wildman–Crippen MR) is 105 cm³/mol. The monoisotopic (exact) mass is 404 g/mol. The van der Waals surface area contributed by atoms with E-state index in [2.05, 4.69) is 15.2 Å². The first-order valence-corrected chi connectivity index (χ1v) is 8.96. The van der Waals surface area contributed by atoms with E-state index in [9.17, 15) is 5.11 Å². The van der Waals surface area contributed by atoms with Crippen LogP contribution in [0.2, 0.25) is 10.0 Å². The Hall–Kier alpha value is -2.41. The van der Waals surface area contributed by atoms with Gasteiger partial charge in [-0.2, -0.15) is 5.10 Å². The SMILES string of the molecule is CC(=NOCc1ccc(Cl)c(Cl)c1)C(O)(Cn1cncn1)c1ccccc1. The molecule has 1 heterocycles. The average molecular weight is 405 g/mol. The van der Waals surface area contributed by atoms with Crippen LogP contribution in [0.3, 0.4) is 0 Å². The van der Waals surface area contributed by atoms with Crippen molar-refractivity contribution in [3.8, 4) is 0 Å². The molecule has 6 nitrogen and oxygen atoms in total. The van der Waals surface area contributed by atoms with Crippen molar-refractivity contribution in [2.24, 2.45) is 5.16 Å². The number of hydrogen-bond acceptors (Lipinski definition) is 5. The highest BCUT2D eigenvalue weighted by Crippen LogP contribution is 2.26. The predicted octanol–water partition coefficient (Wildman–Crippen LogP) is 4.07. The van der Waals surface area contributed by atoms with E-state index >= 15 is 0 Å². The van der Waals surface area contributed by atoms with Crippen molar-refractivity contribution in [1.82, 2.24) is 14.8 Å². The van der Waals surface area contributed by atoms with E-state index in [4.69, 9.17) is 28.0 Å². The van der Waals surface area contributed by atoms with Gasteiger partial charge in [-0.05, 0) is 30.2 Å². The number of benzene rings is 2. The van der Waals surface area contributed by atoms with Gasteiger partial charge in [0.2, 0.25) is 0 Å². The van der Waals surface area contributed by atoms with Gasteiger partial charge in [0.05, 0.1) is 22.3 Å². The minimum Gasteiger partial charge on any atom is -0.391 e. The van der Waals surface area contributed by atoms with Gasteiger partial charge in [-0.15, -0.1) is 0 Å². The summed E-state index contributed by atoms with van der Waals surface area (Å²) in [5, 5.41) is 20.5. The third-order valence-electron chi connectivity index (χ3n) is 4.12. The van der Waals surface area contributed by atoms with Crippen molar-refractivity contribution in [2.75, 3.05) is 0 Å². The molecule has 2 aromatic carbocycles. The van der Waals surface area contributed by atoms with Crippen LogP contribution in [0.5, 0.6) is 0 Å². The van der Waals surface area contributed by atoms with E-state index < -0.39 is 5.60 Å². The Bertz CT molecular complexity index is 917. The lowest BCUT2D eigenvalue weighted by molar-refractivity contribution is 0.0710. The molecule has 0 aliphatic carbocycles. The average Bonchev–Trinajstić information content (AvgIpc) is 3.18. The van der Waals surface area contributed by atoms with Crippen molar-refractivity contribution in [3.05, 3.63) is 82.4 Å². The van der Waals surface area contributed by atoms with Crippen LogP contribution in [0, 0.1) is 0 Å². The molecule has 0 bridgehead atoms. The van der Waals surface area contributed by atoms with Crippen LogP contribution >= 0.6 is 23.2 Å². The second kappa shape index (κ2) is 8.52. The fourth-order valence-corrected chi connectivity index (χ4v) is 2.91. The van der Waals surface area contributed by atoms with Crippen molar-refractivity contribution >= 4 is 28.9 Å². The lowest BCUT2D eigenvalue weighted by atomic mass is 9.89. The highest BCUT2D eigenvalue weighted by atomic mass is 35.5. The summed E-state index contributed by atoms with van der Waals surface area (Å²) in [6, 6.07) is 14.5. The van der Waals surface area contributed by atoms with Crippen LogP contribution < -0.4 is 0 Å². The Morgan fingerprint density at radius 1 is 1.19 bits per heavy atom. The van der Waals surface area contributed by atoms with Crippen LogP contribution in [0.25, 0.3) is 0 Å². The fraction of sp³-hybridized carbons (Fsp3) is 0.211. The van der Waals surface area contributed by atoms with Crippen molar-refractivity contribution in [1.29, 1.82) is 0 Å². The molecule has 1 unspecified atom stereocenters. The molecular weight excluding hydrogens is 387 g/mol. The van der Waals surface area contributed by atoms with E-state index in [1.165, 1.54) is 12.7 Å². The van der Waals surface area contributed by atoms with Crippen molar-refractivity contribution < 1.29 is 9.94 Å². The number of oxime groups is 1. The molecule has 0 aliphatic rings. The second-order valence-electron chi connectivity index (χ2n) is 6.02. The molecular formula is C19H18Cl2N4O2. The number of halogens is 2. The van der Waals surface area contributed by atoms with Crippen LogP contribution in [0.15, 0.2) is 66.3 Å². The maximum absolute atomic E-state index is 11.4. The molecule has 27 heavy (non-hydrogen) atoms. The zero-order chi connectivity index (χ0) is 19.3. The van der Waals surface area contributed by atoms with Gasteiger partial charge in [0.15, 0.2) is 5.60 Å². The van der Waals surface area contributed by atoms with E-state index in [0.29, 0.717) is 21.3 Å². The highest BCUT2D eigenvalue weighted by molar-refractivity contribution is 6.42. The quantitative estimate of drug-likeness (QED) is 0.475. The third kappa shape index (κ3) is 4.66. The zero-order valence-electron chi connectivity index (χ0n) is 14.6. The van der Waals surface area contributed by atoms with Crippen LogP contribution in [-0.4, -0.2) is 25.6 Å². The Balaban J connectivity index is 1.80. The third-order valence-corrected chi connectivity index (χ3v) is 4.86. The van der Waals surface area contributed by atoms with Gasteiger partial charge in [0, 0.05) is 0 Å². The Kier molecular flexibility index (Phi) is 6.11. The zero-order valence-corrected chi connectivity index (χ0v) is 16.1. The normalized spacial score (nSPS) is 14.0. The second-order valence-corrected chi connectivity index (χ2v) is 6.83. The van der Waals surface area contributed by atoms with Gasteiger partial charge in [-0.1, -0.05) is 64.8 Å². The number of hydrogen-bond donors (Lipinski definition) is 1. The summed E-state index contributed by atoms with van der Waals surface area (Å²) in [6.45, 7) is 2.06. The van der Waals surface area contributed by atoms with Crippen molar-refractivity contribution in [2.45, 2.75) is 25.7 Å². The summed E-state index contributed by atoms with van der Waals surface area (Å²) in [5.74, 6) is 0. The first-order chi connectivity index (χ1) is 13.0. The molecule has 0 spiro atoms. The molecule has 0 radical (unpaired) electrons. The minimum atomic E-state index is -1.40. The molecule has 0 amide bonds. The van der Waals surface area contributed by atoms with Gasteiger partial charge in [0.25, 0.3) is 0 Å². The van der Waals surface area contributed by atoms with Gasteiger partial charge < -0.3 is 9.94 Å². The summed E-state index contributed by atoms with van der Waals surface area (Å²) in [6.07, 6.45) is 2.95. The number of rotatable bonds is 7. The smallest absolute Gasteiger partial charge is 0.150 e. The first-order valence-electron chi connectivity index (χ1n) is 8.20. The molecule has 1 N–H and O–H groups in total. The van der Waals surface area contributed by atoms with Gasteiger partial charge in [-0.25, -0.2) is 9.67 Å². The van der Waals surface area contributed by atoms with E-state index in [1.807, 2.05) is 30.3 Å². The first kappa shape index (κ1) is 19.4. The summed E-state index contributed by atoms with van der Waals surface area (Å²) in [4.78, 5) is 9.37. The lowest BCUT2D eigenvalue weighted by Gasteiger charge is -2.28. The van der Waals surface area contributed by atoms with Gasteiger partial charge in [0.1, 0.15) is 19.3 Å². The van der Waals surface area contributed by atoms with Crippen LogP contribution in [-0.2, 0) is 23.6 Å². The largest absolute Gasteiger partial charge is 0.391 e. The standard InChI is InChI=1S/C19H18Cl2N4O2/c1-14(24-27-10-15-7-8-17(20)18(21)9-15)19(26,11-25-13-22-12-23-25)16-5-3-2-4-6-16/h2-9,12-13,26H,10-11H2,1H3. The Morgan fingerprint density at radius 2 is 1.96 bits per heavy atom. The van der Waals surface area contributed by atoms with Crippen LogP contribution in [0.1, 0.15) is 18.1 Å². The molecule has 140 valence electrons. The van der Waals surface area contributed by atoms with E-state index in [0.717, 1.165) is 5.56 Å². The molecule has 1 atom stereocenters. The van der Waals surface area contributed by atoms with E-state index in [-0.39, 0.29) is 13.2 Å². The number of nitrogens with zero attached hydrogens (tertiary/aromatic N) is 4. The summed E-state index contributed by atoms with van der Waals surface area (Å²) < 4.78 is 1.55. The van der Waals surface area contributed by atoms with Gasteiger partial charge >= 0.3 is 0 Å². The lowest BCUT2D eigenvalue weighted by Crippen LogP contribution is -2.39. The summed E-state index contributed by atoms with van der Waals surface area (Å²) in [7, 11) is 0. The van der Waals surface area contributed by atoms with Gasteiger partial charge in [-0.3, -0.25) is 0 Å². The fourth-order valence-electron chi connectivity index (χ4n) is 2.59. The maximum Gasteiger partial charge on any atom is 0.150 e. The molecule has 3 rings (SSSR count). The molecule has 3 aromatic rings. The van der Waals surface area contributed by atoms with Crippen LogP contribution in [0.4, 0.5) is 0 Å². The maximum atomic E-state index is 11.4. The molecule has 1 aromatic heterocycles. The number of aliphatic hydroxyl groups is 1. The minimum absolute atomic E-state index is 0.155. The van der Waals surface area contributed by atoms with Crippen molar-refractivity contribution in [3.63, 3.8) is 0 Å². The van der Waals surface area contributed by atoms with E-state index in [1.54, 1.807) is 29.8 Å². The topological polar surface area (TPSA) is 72.5 Å². The molecule has 0 saturated carbocycles. The molecule has 0 aliphatic heterocycles. The number of aromatic nitrogens is 3.